The topological polar surface area (TPSA) is 101 Å². The van der Waals surface area contributed by atoms with Crippen LogP contribution in [0.3, 0.4) is 0 Å². The van der Waals surface area contributed by atoms with E-state index in [9.17, 15) is 4.79 Å². The molecule has 0 unspecified atom stereocenters. The Morgan fingerprint density at radius 1 is 1.29 bits per heavy atom. The number of nitrogens with two attached hydrogens (primary N) is 1. The summed E-state index contributed by atoms with van der Waals surface area (Å²) in [5.41, 5.74) is 6.64. The second-order valence-corrected chi connectivity index (χ2v) is 4.16. The number of rotatable bonds is 5. The molecule has 3 N–H and O–H groups in total. The molecule has 1 aromatic carbocycles. The van der Waals surface area contributed by atoms with Gasteiger partial charge < -0.3 is 15.8 Å². The minimum absolute atomic E-state index is 0.248. The number of nitrogens with zero attached hydrogens (tertiary/aromatic N) is 2. The highest BCUT2D eigenvalue weighted by molar-refractivity contribution is 6.02. The van der Waals surface area contributed by atoms with Gasteiger partial charge in [0.05, 0.1) is 5.56 Å². The third-order valence-electron chi connectivity index (χ3n) is 2.62. The van der Waals surface area contributed by atoms with Crippen molar-refractivity contribution in [2.75, 3.05) is 18.5 Å². The molecule has 1 heterocycles. The number of hydrogen-bond acceptors (Lipinski definition) is 5. The molecule has 0 radical (unpaired) electrons. The summed E-state index contributed by atoms with van der Waals surface area (Å²) in [4.78, 5) is 15.9. The number of amides is 1. The molecule has 6 heteroatoms. The molecule has 0 aliphatic heterocycles. The van der Waals surface area contributed by atoms with Crippen LogP contribution in [0.25, 0.3) is 0 Å². The molecule has 2 aromatic rings. The fourth-order valence-corrected chi connectivity index (χ4v) is 1.60. The summed E-state index contributed by atoms with van der Waals surface area (Å²) in [6.07, 6.45) is 1.36. The summed E-state index contributed by atoms with van der Waals surface area (Å²) in [7, 11) is 0. The van der Waals surface area contributed by atoms with Gasteiger partial charge >= 0.3 is 0 Å². The molecule has 106 valence electrons. The van der Waals surface area contributed by atoms with Crippen molar-refractivity contribution in [2.45, 2.75) is 0 Å². The Bertz CT molecular complexity index is 645. The van der Waals surface area contributed by atoms with Crippen LogP contribution in [0, 0.1) is 11.3 Å². The van der Waals surface area contributed by atoms with Crippen LogP contribution in [-0.4, -0.2) is 24.0 Å². The van der Waals surface area contributed by atoms with Crippen LogP contribution in [0.2, 0.25) is 0 Å². The first-order valence-electron chi connectivity index (χ1n) is 6.33. The summed E-state index contributed by atoms with van der Waals surface area (Å²) < 4.78 is 5.34. The lowest BCUT2D eigenvalue weighted by Crippen LogP contribution is -2.13. The number of carbonyl (C=O) groups excluding carboxylic acids is 1. The van der Waals surface area contributed by atoms with Crippen molar-refractivity contribution in [1.29, 1.82) is 5.26 Å². The second kappa shape index (κ2) is 7.03. The number of ether oxygens (including phenoxy) is 1. The van der Waals surface area contributed by atoms with Crippen molar-refractivity contribution in [2.24, 2.45) is 5.73 Å². The highest BCUT2D eigenvalue weighted by Gasteiger charge is 2.07. The second-order valence-electron chi connectivity index (χ2n) is 4.16. The summed E-state index contributed by atoms with van der Waals surface area (Å²) in [5, 5.41) is 11.4. The molecule has 2 rings (SSSR count). The van der Waals surface area contributed by atoms with Crippen molar-refractivity contribution in [1.82, 2.24) is 4.98 Å². The fourth-order valence-electron chi connectivity index (χ4n) is 1.60. The highest BCUT2D eigenvalue weighted by Crippen LogP contribution is 2.16. The number of aromatic nitrogens is 1. The Hall–Kier alpha value is -2.91. The van der Waals surface area contributed by atoms with Gasteiger partial charge in [-0.05, 0) is 36.4 Å². The first-order chi connectivity index (χ1) is 10.2. The zero-order valence-electron chi connectivity index (χ0n) is 11.2. The Balaban J connectivity index is 2.00. The Morgan fingerprint density at radius 3 is 2.62 bits per heavy atom. The zero-order chi connectivity index (χ0) is 15.1. The Labute approximate surface area is 122 Å². The summed E-state index contributed by atoms with van der Waals surface area (Å²) >= 11 is 0. The molecule has 6 nitrogen and oxygen atoms in total. The van der Waals surface area contributed by atoms with Gasteiger partial charge in [0.15, 0.2) is 0 Å². The van der Waals surface area contributed by atoms with Crippen LogP contribution in [0.4, 0.5) is 5.69 Å². The maximum Gasteiger partial charge on any atom is 0.274 e. The lowest BCUT2D eigenvalue weighted by molar-refractivity contribution is 0.102. The van der Waals surface area contributed by atoms with Crippen molar-refractivity contribution in [3.05, 3.63) is 53.9 Å². The molecule has 1 amide bonds. The van der Waals surface area contributed by atoms with E-state index in [0.717, 1.165) is 0 Å². The van der Waals surface area contributed by atoms with E-state index in [0.29, 0.717) is 30.2 Å². The van der Waals surface area contributed by atoms with Crippen LogP contribution in [0.1, 0.15) is 16.1 Å². The molecule has 0 atom stereocenters. The summed E-state index contributed by atoms with van der Waals surface area (Å²) in [6.45, 7) is 0.893. The molecule has 0 bridgehead atoms. The average molecular weight is 282 g/mol. The minimum Gasteiger partial charge on any atom is -0.492 e. The van der Waals surface area contributed by atoms with Crippen molar-refractivity contribution >= 4 is 11.6 Å². The number of anilines is 1. The lowest BCUT2D eigenvalue weighted by atomic mass is 10.2. The van der Waals surface area contributed by atoms with Crippen molar-refractivity contribution in [3.63, 3.8) is 0 Å². The third-order valence-corrected chi connectivity index (χ3v) is 2.62. The smallest absolute Gasteiger partial charge is 0.274 e. The van der Waals surface area contributed by atoms with E-state index in [2.05, 4.69) is 10.3 Å². The Kier molecular flexibility index (Phi) is 4.85. The van der Waals surface area contributed by atoms with Gasteiger partial charge in [0.1, 0.15) is 24.1 Å². The number of nitriles is 1. The van der Waals surface area contributed by atoms with Gasteiger partial charge in [0.2, 0.25) is 0 Å². The van der Waals surface area contributed by atoms with Gasteiger partial charge in [-0.2, -0.15) is 5.26 Å². The number of hydrogen-bond donors (Lipinski definition) is 2. The molecule has 0 spiro atoms. The molecule has 0 fully saturated rings. The van der Waals surface area contributed by atoms with Crippen LogP contribution in [0.15, 0.2) is 42.6 Å². The minimum atomic E-state index is -0.338. The van der Waals surface area contributed by atoms with Crippen LogP contribution < -0.4 is 15.8 Å². The van der Waals surface area contributed by atoms with Gasteiger partial charge in [0, 0.05) is 18.4 Å². The molecule has 1 aromatic heterocycles. The molecule has 21 heavy (non-hydrogen) atoms. The largest absolute Gasteiger partial charge is 0.492 e. The molecule has 0 aliphatic rings. The molecule has 0 saturated carbocycles. The van der Waals surface area contributed by atoms with Crippen molar-refractivity contribution < 1.29 is 9.53 Å². The normalized spacial score (nSPS) is 9.71. The third kappa shape index (κ3) is 4.03. The summed E-state index contributed by atoms with van der Waals surface area (Å²) in [6, 6.07) is 12.0. The van der Waals surface area contributed by atoms with E-state index < -0.39 is 0 Å². The maximum absolute atomic E-state index is 12.0. The van der Waals surface area contributed by atoms with Gasteiger partial charge in [-0.15, -0.1) is 0 Å². The fraction of sp³-hybridized carbons (Fsp3) is 0.133. The summed E-state index contributed by atoms with van der Waals surface area (Å²) in [5.74, 6) is 0.352. The lowest BCUT2D eigenvalue weighted by Gasteiger charge is -2.07. The number of pyridine rings is 1. The highest BCUT2D eigenvalue weighted by atomic mass is 16.5. The molecular formula is C15H14N4O2. The van der Waals surface area contributed by atoms with Crippen LogP contribution >= 0.6 is 0 Å². The van der Waals surface area contributed by atoms with E-state index >= 15 is 0 Å². The van der Waals surface area contributed by atoms with E-state index in [-0.39, 0.29) is 11.6 Å². The van der Waals surface area contributed by atoms with Gasteiger partial charge in [-0.3, -0.25) is 4.79 Å². The van der Waals surface area contributed by atoms with Crippen LogP contribution in [0.5, 0.6) is 5.75 Å². The van der Waals surface area contributed by atoms with Gasteiger partial charge in [0.25, 0.3) is 5.91 Å². The number of benzene rings is 1. The molecular weight excluding hydrogens is 268 g/mol. The first kappa shape index (κ1) is 14.5. The monoisotopic (exact) mass is 282 g/mol. The number of carbonyl (C=O) groups is 1. The van der Waals surface area contributed by atoms with Crippen molar-refractivity contribution in [3.8, 4) is 11.8 Å². The quantitative estimate of drug-likeness (QED) is 0.866. The standard InChI is InChI=1S/C15H14N4O2/c16-7-8-21-13-4-2-12(3-5-13)19-15(20)14-6-1-11(9-17)10-18-14/h1-6,10H,7-8,16H2,(H,19,20). The average Bonchev–Trinajstić information content (AvgIpc) is 2.54. The first-order valence-corrected chi connectivity index (χ1v) is 6.33. The van der Waals surface area contributed by atoms with E-state index in [1.807, 2.05) is 6.07 Å². The molecule has 0 aliphatic carbocycles. The number of nitrogens with one attached hydrogen (secondary N) is 1. The SMILES string of the molecule is N#Cc1ccc(C(=O)Nc2ccc(OCCN)cc2)nc1. The van der Waals surface area contributed by atoms with Crippen LogP contribution in [-0.2, 0) is 0 Å². The van der Waals surface area contributed by atoms with Gasteiger partial charge in [-0.1, -0.05) is 0 Å². The zero-order valence-corrected chi connectivity index (χ0v) is 11.2. The van der Waals surface area contributed by atoms with Gasteiger partial charge in [-0.25, -0.2) is 4.98 Å². The predicted octanol–water partition coefficient (Wildman–Crippen LogP) is 1.54. The molecule has 0 saturated heterocycles. The maximum atomic E-state index is 12.0. The van der Waals surface area contributed by atoms with E-state index in [1.54, 1.807) is 30.3 Å². The van der Waals surface area contributed by atoms with E-state index in [1.165, 1.54) is 12.3 Å². The Morgan fingerprint density at radius 2 is 2.05 bits per heavy atom. The predicted molar refractivity (Wildman–Crippen MR) is 77.9 cm³/mol. The van der Waals surface area contributed by atoms with E-state index in [4.69, 9.17) is 15.7 Å².